The fraction of sp³-hybridized carbons (Fsp3) is 0.765. The third-order valence-electron chi connectivity index (χ3n) is 5.48. The molecule has 1 saturated carbocycles. The van der Waals surface area contributed by atoms with Crippen molar-refractivity contribution in [2.75, 3.05) is 38.7 Å². The Morgan fingerprint density at radius 1 is 1.44 bits per heavy atom. The lowest BCUT2D eigenvalue weighted by molar-refractivity contribution is 0.188. The van der Waals surface area contributed by atoms with Crippen LogP contribution in [0.4, 0.5) is 0 Å². The summed E-state index contributed by atoms with van der Waals surface area (Å²) in [4.78, 5) is 10.9. The van der Waals surface area contributed by atoms with E-state index in [1.54, 1.807) is 7.05 Å². The van der Waals surface area contributed by atoms with Gasteiger partial charge in [0.05, 0.1) is 18.1 Å². The second-order valence-corrected chi connectivity index (χ2v) is 9.90. The number of hydrogen-bond acceptors (Lipinski definition) is 4. The predicted octanol–water partition coefficient (Wildman–Crippen LogP) is 1.17. The van der Waals surface area contributed by atoms with Crippen molar-refractivity contribution in [1.82, 2.24) is 19.8 Å². The maximum atomic E-state index is 11.6. The van der Waals surface area contributed by atoms with Crippen molar-refractivity contribution >= 4 is 15.8 Å². The van der Waals surface area contributed by atoms with Crippen LogP contribution in [0.1, 0.15) is 32.2 Å². The number of nitrogens with zero attached hydrogens (tertiary/aromatic N) is 4. The molecule has 0 amide bonds. The van der Waals surface area contributed by atoms with Crippen molar-refractivity contribution in [3.05, 3.63) is 18.7 Å². The predicted molar refractivity (Wildman–Crippen MR) is 99.4 cm³/mol. The monoisotopic (exact) mass is 367 g/mol. The summed E-state index contributed by atoms with van der Waals surface area (Å²) in [7, 11) is -1.15. The molecule has 2 aliphatic rings. The molecule has 2 fully saturated rings. The molecule has 25 heavy (non-hydrogen) atoms. The van der Waals surface area contributed by atoms with Crippen LogP contribution in [-0.2, 0) is 9.84 Å². The Kier molecular flexibility index (Phi) is 5.09. The maximum Gasteiger partial charge on any atom is 0.193 e. The topological polar surface area (TPSA) is 79.6 Å². The van der Waals surface area contributed by atoms with E-state index in [0.29, 0.717) is 18.5 Å². The molecule has 2 unspecified atom stereocenters. The Bertz CT molecular complexity index is 709. The van der Waals surface area contributed by atoms with Gasteiger partial charge < -0.3 is 14.8 Å². The molecule has 1 aromatic heterocycles. The highest BCUT2D eigenvalue weighted by Gasteiger charge is 2.45. The summed E-state index contributed by atoms with van der Waals surface area (Å²) in [6.07, 6.45) is 10.1. The number of guanidine groups is 1. The van der Waals surface area contributed by atoms with Crippen LogP contribution < -0.4 is 5.32 Å². The number of rotatable bonds is 5. The normalized spacial score (nSPS) is 26.5. The molecule has 2 heterocycles. The number of aromatic nitrogens is 2. The largest absolute Gasteiger partial charge is 0.356 e. The van der Waals surface area contributed by atoms with Gasteiger partial charge in [0.1, 0.15) is 9.84 Å². The van der Waals surface area contributed by atoms with Gasteiger partial charge in [0, 0.05) is 50.7 Å². The van der Waals surface area contributed by atoms with Gasteiger partial charge in [-0.05, 0) is 25.2 Å². The van der Waals surface area contributed by atoms with E-state index in [4.69, 9.17) is 0 Å². The summed E-state index contributed by atoms with van der Waals surface area (Å²) in [5, 5.41) is 3.43. The summed E-state index contributed by atoms with van der Waals surface area (Å²) < 4.78 is 25.4. The summed E-state index contributed by atoms with van der Waals surface area (Å²) in [6.45, 7) is 4.80. The molecule has 2 atom stereocenters. The van der Waals surface area contributed by atoms with Gasteiger partial charge in [-0.2, -0.15) is 0 Å². The Hall–Kier alpha value is -1.57. The molecule has 1 aliphatic carbocycles. The zero-order valence-electron chi connectivity index (χ0n) is 15.4. The van der Waals surface area contributed by atoms with Crippen molar-refractivity contribution in [1.29, 1.82) is 0 Å². The zero-order valence-corrected chi connectivity index (χ0v) is 16.2. The van der Waals surface area contributed by atoms with Crippen LogP contribution in [0.15, 0.2) is 23.7 Å². The fourth-order valence-corrected chi connectivity index (χ4v) is 5.30. The fourth-order valence-electron chi connectivity index (χ4n) is 3.80. The number of piperidine rings is 1. The van der Waals surface area contributed by atoms with Gasteiger partial charge in [0.25, 0.3) is 0 Å². The molecule has 140 valence electrons. The van der Waals surface area contributed by atoms with E-state index >= 15 is 0 Å². The minimum atomic E-state index is -2.95. The van der Waals surface area contributed by atoms with E-state index in [9.17, 15) is 8.42 Å². The smallest absolute Gasteiger partial charge is 0.193 e. The molecule has 1 aromatic rings. The van der Waals surface area contributed by atoms with E-state index in [1.807, 2.05) is 18.7 Å². The molecule has 1 aliphatic heterocycles. The highest BCUT2D eigenvalue weighted by molar-refractivity contribution is 7.90. The van der Waals surface area contributed by atoms with Crippen molar-refractivity contribution < 1.29 is 8.42 Å². The number of hydrogen-bond donors (Lipinski definition) is 1. The highest BCUT2D eigenvalue weighted by Crippen LogP contribution is 2.46. The second-order valence-electron chi connectivity index (χ2n) is 7.76. The van der Waals surface area contributed by atoms with Crippen molar-refractivity contribution in [2.24, 2.45) is 16.3 Å². The summed E-state index contributed by atoms with van der Waals surface area (Å²) in [5.41, 5.74) is -0.101. The second kappa shape index (κ2) is 6.97. The SMILES string of the molecule is CN=C(NCC1(CS(C)(=O)=O)CC1)N1CCC(C)C(n2ccnc2)C1. The number of aliphatic imine (C=N–C) groups is 1. The molecular weight excluding hydrogens is 338 g/mol. The number of imidazole rings is 1. The summed E-state index contributed by atoms with van der Waals surface area (Å²) >= 11 is 0. The Labute approximate surface area is 150 Å². The third-order valence-corrected chi connectivity index (χ3v) is 6.62. The maximum absolute atomic E-state index is 11.6. The first kappa shape index (κ1) is 18.2. The van der Waals surface area contributed by atoms with Crippen LogP contribution in [0, 0.1) is 11.3 Å². The zero-order chi connectivity index (χ0) is 18.1. The first-order valence-electron chi connectivity index (χ1n) is 8.93. The molecule has 0 aromatic carbocycles. The van der Waals surface area contributed by atoms with E-state index in [-0.39, 0.29) is 11.2 Å². The first-order valence-corrected chi connectivity index (χ1v) is 11.0. The number of nitrogens with one attached hydrogen (secondary N) is 1. The Morgan fingerprint density at radius 2 is 2.20 bits per heavy atom. The lowest BCUT2D eigenvalue weighted by Crippen LogP contribution is -2.50. The minimum absolute atomic E-state index is 0.101. The molecule has 7 nitrogen and oxygen atoms in total. The Morgan fingerprint density at radius 3 is 2.76 bits per heavy atom. The van der Waals surface area contributed by atoms with E-state index in [0.717, 1.165) is 38.3 Å². The van der Waals surface area contributed by atoms with Crippen LogP contribution in [-0.4, -0.2) is 67.5 Å². The molecule has 8 heteroatoms. The van der Waals surface area contributed by atoms with Crippen molar-refractivity contribution in [3.8, 4) is 0 Å². The van der Waals surface area contributed by atoms with Gasteiger partial charge in [-0.15, -0.1) is 0 Å². The molecule has 3 rings (SSSR count). The lowest BCUT2D eigenvalue weighted by atomic mass is 9.93. The average molecular weight is 368 g/mol. The van der Waals surface area contributed by atoms with Crippen LogP contribution in [0.25, 0.3) is 0 Å². The third kappa shape index (κ3) is 4.54. The van der Waals surface area contributed by atoms with E-state index < -0.39 is 9.84 Å². The van der Waals surface area contributed by atoms with E-state index in [1.165, 1.54) is 6.26 Å². The van der Waals surface area contributed by atoms with Crippen LogP contribution >= 0.6 is 0 Å². The summed E-state index contributed by atoms with van der Waals surface area (Å²) in [5.74, 6) is 1.72. The highest BCUT2D eigenvalue weighted by atomic mass is 32.2. The van der Waals surface area contributed by atoms with Gasteiger partial charge in [0.15, 0.2) is 5.96 Å². The molecular formula is C17H29N5O2S. The van der Waals surface area contributed by atoms with Crippen molar-refractivity contribution in [3.63, 3.8) is 0 Å². The molecule has 1 saturated heterocycles. The van der Waals surface area contributed by atoms with E-state index in [2.05, 4.69) is 31.7 Å². The van der Waals surface area contributed by atoms with Crippen LogP contribution in [0.2, 0.25) is 0 Å². The van der Waals surface area contributed by atoms with Crippen LogP contribution in [0.3, 0.4) is 0 Å². The van der Waals surface area contributed by atoms with Crippen LogP contribution in [0.5, 0.6) is 0 Å². The number of likely N-dealkylation sites (tertiary alicyclic amines) is 1. The standard InChI is InChI=1S/C17H29N5O2S/c1-14-4-8-21(10-15(14)22-9-7-19-13-22)16(18-2)20-11-17(5-6-17)12-25(3,23)24/h7,9,13-15H,4-6,8,10-12H2,1-3H3,(H,18,20). The minimum Gasteiger partial charge on any atom is -0.356 e. The molecule has 1 N–H and O–H groups in total. The lowest BCUT2D eigenvalue weighted by Gasteiger charge is -2.39. The molecule has 0 spiro atoms. The molecule has 0 radical (unpaired) electrons. The van der Waals surface area contributed by atoms with Gasteiger partial charge in [-0.25, -0.2) is 13.4 Å². The number of sulfone groups is 1. The quantitative estimate of drug-likeness (QED) is 0.624. The summed E-state index contributed by atoms with van der Waals surface area (Å²) in [6, 6.07) is 0.376. The Balaban J connectivity index is 1.62. The first-order chi connectivity index (χ1) is 11.8. The van der Waals surface area contributed by atoms with Crippen molar-refractivity contribution in [2.45, 2.75) is 32.2 Å². The van der Waals surface area contributed by atoms with Gasteiger partial charge in [-0.3, -0.25) is 4.99 Å². The van der Waals surface area contributed by atoms with Gasteiger partial charge in [0.2, 0.25) is 0 Å². The average Bonchev–Trinajstić information content (AvgIpc) is 3.08. The van der Waals surface area contributed by atoms with Gasteiger partial charge in [-0.1, -0.05) is 6.92 Å². The molecule has 0 bridgehead atoms. The van der Waals surface area contributed by atoms with Gasteiger partial charge >= 0.3 is 0 Å².